The molecule has 138 valence electrons. The fourth-order valence-electron chi connectivity index (χ4n) is 3.47. The molecule has 5 rings (SSSR count). The zero-order valence-corrected chi connectivity index (χ0v) is 17.6. The van der Waals surface area contributed by atoms with Crippen molar-refractivity contribution in [1.82, 2.24) is 9.97 Å². The molecule has 1 aliphatic heterocycles. The number of hydrogen-bond donors (Lipinski definition) is 0. The fourth-order valence-corrected chi connectivity index (χ4v) is 5.81. The van der Waals surface area contributed by atoms with Gasteiger partial charge in [-0.15, -0.1) is 0 Å². The van der Waals surface area contributed by atoms with Gasteiger partial charge in [-0.3, -0.25) is 0 Å². The summed E-state index contributed by atoms with van der Waals surface area (Å²) in [4.78, 5) is 14.5. The number of fused-ring (bicyclic) bond motifs is 2. The Labute approximate surface area is 171 Å². The van der Waals surface area contributed by atoms with E-state index in [1.807, 2.05) is 13.0 Å². The van der Waals surface area contributed by atoms with Crippen molar-refractivity contribution >= 4 is 65.0 Å². The lowest BCUT2D eigenvalue weighted by atomic mass is 10.2. The Kier molecular flexibility index (Phi) is 4.22. The largest absolute Gasteiger partial charge is 0.345 e. The van der Waals surface area contributed by atoms with Crippen LogP contribution in [0.1, 0.15) is 11.1 Å². The summed E-state index contributed by atoms with van der Waals surface area (Å²) in [5, 5.41) is 3.01. The highest BCUT2D eigenvalue weighted by atomic mass is 35.5. The SMILES string of the molecule is Cc1ccc2nc(N3CCN(c4nc5c(C)c(Cl)ccc5s4)CC3)sc2c1. The average Bonchev–Trinajstić information content (AvgIpc) is 3.29. The van der Waals surface area contributed by atoms with E-state index < -0.39 is 0 Å². The van der Waals surface area contributed by atoms with E-state index in [1.165, 1.54) is 15.0 Å². The Morgan fingerprint density at radius 3 is 2.26 bits per heavy atom. The van der Waals surface area contributed by atoms with Gasteiger partial charge in [0.15, 0.2) is 10.3 Å². The third-order valence-electron chi connectivity index (χ3n) is 5.09. The van der Waals surface area contributed by atoms with E-state index in [4.69, 9.17) is 21.6 Å². The van der Waals surface area contributed by atoms with Gasteiger partial charge in [0.25, 0.3) is 0 Å². The topological polar surface area (TPSA) is 32.3 Å². The number of rotatable bonds is 2. The molecule has 7 heteroatoms. The minimum absolute atomic E-state index is 0.787. The molecule has 0 amide bonds. The predicted molar refractivity (Wildman–Crippen MR) is 118 cm³/mol. The van der Waals surface area contributed by atoms with Gasteiger partial charge >= 0.3 is 0 Å². The van der Waals surface area contributed by atoms with E-state index in [0.717, 1.165) is 58.1 Å². The highest BCUT2D eigenvalue weighted by Crippen LogP contribution is 2.35. The molecular formula is C20H19ClN4S2. The summed E-state index contributed by atoms with van der Waals surface area (Å²) in [5.41, 5.74) is 4.49. The Bertz CT molecular complexity index is 1140. The average molecular weight is 415 g/mol. The minimum Gasteiger partial charge on any atom is -0.345 e. The van der Waals surface area contributed by atoms with Crippen molar-refractivity contribution in [3.63, 3.8) is 0 Å². The summed E-state index contributed by atoms with van der Waals surface area (Å²) in [6, 6.07) is 10.5. The molecule has 0 saturated carbocycles. The molecule has 0 N–H and O–H groups in total. The van der Waals surface area contributed by atoms with E-state index in [2.05, 4.69) is 41.0 Å². The van der Waals surface area contributed by atoms with Crippen molar-refractivity contribution in [2.24, 2.45) is 0 Å². The van der Waals surface area contributed by atoms with E-state index in [-0.39, 0.29) is 0 Å². The quantitative estimate of drug-likeness (QED) is 0.433. The van der Waals surface area contributed by atoms with Gasteiger partial charge < -0.3 is 9.80 Å². The standard InChI is InChI=1S/C20H19ClN4S2/c1-12-3-5-15-17(11-12)27-19(22-15)24-7-9-25(10-8-24)20-23-18-13(2)14(21)4-6-16(18)26-20/h3-6,11H,7-10H2,1-2H3. The highest BCUT2D eigenvalue weighted by molar-refractivity contribution is 7.22. The van der Waals surface area contributed by atoms with Crippen LogP contribution in [0.4, 0.5) is 10.3 Å². The molecule has 0 unspecified atom stereocenters. The third-order valence-corrected chi connectivity index (χ3v) is 7.66. The van der Waals surface area contributed by atoms with Gasteiger partial charge in [-0.1, -0.05) is 40.3 Å². The normalized spacial score (nSPS) is 15.2. The summed E-state index contributed by atoms with van der Waals surface area (Å²) in [6.45, 7) is 8.03. The van der Waals surface area contributed by atoms with E-state index >= 15 is 0 Å². The number of aryl methyl sites for hydroxylation is 2. The van der Waals surface area contributed by atoms with Gasteiger partial charge in [0.05, 0.1) is 20.4 Å². The molecule has 1 aliphatic rings. The molecule has 4 aromatic rings. The molecule has 0 atom stereocenters. The fraction of sp³-hybridized carbons (Fsp3) is 0.300. The third kappa shape index (κ3) is 3.06. The van der Waals surface area contributed by atoms with Gasteiger partial charge in [0.2, 0.25) is 0 Å². The molecule has 1 saturated heterocycles. The summed E-state index contributed by atoms with van der Waals surface area (Å²) in [7, 11) is 0. The molecule has 2 aromatic carbocycles. The number of thiazole rings is 2. The Morgan fingerprint density at radius 2 is 1.52 bits per heavy atom. The smallest absolute Gasteiger partial charge is 0.186 e. The number of anilines is 2. The molecule has 4 nitrogen and oxygen atoms in total. The molecule has 0 bridgehead atoms. The second-order valence-electron chi connectivity index (χ2n) is 6.96. The van der Waals surface area contributed by atoms with Crippen LogP contribution < -0.4 is 9.80 Å². The van der Waals surface area contributed by atoms with Gasteiger partial charge in [0.1, 0.15) is 0 Å². The highest BCUT2D eigenvalue weighted by Gasteiger charge is 2.22. The van der Waals surface area contributed by atoms with Gasteiger partial charge in [-0.05, 0) is 49.2 Å². The molecule has 27 heavy (non-hydrogen) atoms. The van der Waals surface area contributed by atoms with Crippen molar-refractivity contribution in [3.8, 4) is 0 Å². The zero-order valence-electron chi connectivity index (χ0n) is 15.2. The first kappa shape index (κ1) is 17.2. The van der Waals surface area contributed by atoms with Crippen LogP contribution in [0.5, 0.6) is 0 Å². The number of hydrogen-bond acceptors (Lipinski definition) is 6. The summed E-state index contributed by atoms with van der Waals surface area (Å²) in [6.07, 6.45) is 0. The lowest BCUT2D eigenvalue weighted by Gasteiger charge is -2.34. The summed E-state index contributed by atoms with van der Waals surface area (Å²) in [5.74, 6) is 0. The van der Waals surface area contributed by atoms with Crippen LogP contribution in [0, 0.1) is 13.8 Å². The Balaban J connectivity index is 1.35. The molecule has 0 aliphatic carbocycles. The lowest BCUT2D eigenvalue weighted by molar-refractivity contribution is 0.651. The Morgan fingerprint density at radius 1 is 0.852 bits per heavy atom. The van der Waals surface area contributed by atoms with E-state index in [9.17, 15) is 0 Å². The van der Waals surface area contributed by atoms with Crippen LogP contribution in [0.25, 0.3) is 20.4 Å². The van der Waals surface area contributed by atoms with Crippen molar-refractivity contribution in [2.45, 2.75) is 13.8 Å². The number of nitrogens with zero attached hydrogens (tertiary/aromatic N) is 4. The maximum Gasteiger partial charge on any atom is 0.186 e. The number of piperazine rings is 1. The molecular weight excluding hydrogens is 396 g/mol. The monoisotopic (exact) mass is 414 g/mol. The summed E-state index contributed by atoms with van der Waals surface area (Å²) >= 11 is 9.80. The van der Waals surface area contributed by atoms with Crippen molar-refractivity contribution in [3.05, 3.63) is 46.5 Å². The first-order chi connectivity index (χ1) is 13.1. The predicted octanol–water partition coefficient (Wildman–Crippen LogP) is 5.50. The van der Waals surface area contributed by atoms with Crippen LogP contribution in [-0.4, -0.2) is 36.1 Å². The first-order valence-electron chi connectivity index (χ1n) is 9.01. The molecule has 0 radical (unpaired) electrons. The van der Waals surface area contributed by atoms with Gasteiger partial charge in [0, 0.05) is 31.2 Å². The van der Waals surface area contributed by atoms with Crippen LogP contribution >= 0.6 is 34.3 Å². The van der Waals surface area contributed by atoms with Crippen LogP contribution in [0.15, 0.2) is 30.3 Å². The number of aromatic nitrogens is 2. The summed E-state index contributed by atoms with van der Waals surface area (Å²) < 4.78 is 2.47. The van der Waals surface area contributed by atoms with Gasteiger partial charge in [-0.25, -0.2) is 9.97 Å². The van der Waals surface area contributed by atoms with E-state index in [0.29, 0.717) is 0 Å². The molecule has 1 fully saturated rings. The van der Waals surface area contributed by atoms with Crippen molar-refractivity contribution < 1.29 is 0 Å². The number of benzene rings is 2. The molecule has 3 heterocycles. The van der Waals surface area contributed by atoms with Gasteiger partial charge in [-0.2, -0.15) is 0 Å². The van der Waals surface area contributed by atoms with Crippen LogP contribution in [0.2, 0.25) is 5.02 Å². The number of halogens is 1. The maximum absolute atomic E-state index is 6.25. The van der Waals surface area contributed by atoms with Crippen molar-refractivity contribution in [2.75, 3.05) is 36.0 Å². The maximum atomic E-state index is 6.25. The van der Waals surface area contributed by atoms with Crippen LogP contribution in [-0.2, 0) is 0 Å². The zero-order chi connectivity index (χ0) is 18.5. The van der Waals surface area contributed by atoms with E-state index in [1.54, 1.807) is 22.7 Å². The van der Waals surface area contributed by atoms with Crippen molar-refractivity contribution in [1.29, 1.82) is 0 Å². The first-order valence-corrected chi connectivity index (χ1v) is 11.0. The molecule has 0 spiro atoms. The lowest BCUT2D eigenvalue weighted by Crippen LogP contribution is -2.46. The Hall–Kier alpha value is -1.89. The van der Waals surface area contributed by atoms with Crippen LogP contribution in [0.3, 0.4) is 0 Å². The second kappa shape index (κ2) is 6.62. The second-order valence-corrected chi connectivity index (χ2v) is 9.38. The molecule has 2 aromatic heterocycles. The minimum atomic E-state index is 0.787.